The maximum absolute atomic E-state index is 11.9. The second-order valence-electron chi connectivity index (χ2n) is 4.88. The third-order valence-electron chi connectivity index (χ3n) is 2.97. The van der Waals surface area contributed by atoms with E-state index in [-0.39, 0.29) is 6.61 Å². The summed E-state index contributed by atoms with van der Waals surface area (Å²) in [7, 11) is 0. The Morgan fingerprint density at radius 1 is 1.04 bits per heavy atom. The van der Waals surface area contributed by atoms with E-state index in [0.717, 1.165) is 6.42 Å². The molecular weight excluding hydrogens is 306 g/mol. The molecule has 24 heavy (non-hydrogen) atoms. The molecule has 124 valence electrons. The third kappa shape index (κ3) is 5.61. The maximum atomic E-state index is 11.9. The van der Waals surface area contributed by atoms with Crippen LogP contribution < -0.4 is 10.1 Å². The van der Waals surface area contributed by atoms with Crippen molar-refractivity contribution >= 4 is 17.6 Å². The lowest BCUT2D eigenvalue weighted by molar-refractivity contribution is -0.142. The number of amides is 1. The molecule has 5 heteroatoms. The Hall–Kier alpha value is -3.08. The molecule has 0 heterocycles. The van der Waals surface area contributed by atoms with E-state index < -0.39 is 11.9 Å². The molecule has 0 aliphatic heterocycles. The highest BCUT2D eigenvalue weighted by Gasteiger charge is 2.10. The zero-order valence-electron chi connectivity index (χ0n) is 13.4. The number of esters is 1. The van der Waals surface area contributed by atoms with Crippen molar-refractivity contribution in [3.63, 3.8) is 0 Å². The number of hydrogen-bond acceptors (Lipinski definition) is 4. The first-order chi connectivity index (χ1) is 11.7. The largest absolute Gasteiger partial charge is 0.455 e. The van der Waals surface area contributed by atoms with Crippen molar-refractivity contribution in [1.29, 1.82) is 0 Å². The van der Waals surface area contributed by atoms with Crippen molar-refractivity contribution in [3.8, 4) is 11.5 Å². The number of nitrogens with one attached hydrogen (secondary N) is 1. The lowest BCUT2D eigenvalue weighted by atomic mass is 10.3. The molecule has 1 amide bonds. The van der Waals surface area contributed by atoms with Crippen LogP contribution in [0.4, 0.5) is 5.69 Å². The molecule has 0 bridgehead atoms. The molecule has 0 radical (unpaired) electrons. The second kappa shape index (κ2) is 9.15. The first-order valence-electron chi connectivity index (χ1n) is 7.64. The van der Waals surface area contributed by atoms with E-state index in [1.54, 1.807) is 24.3 Å². The average Bonchev–Trinajstić information content (AvgIpc) is 2.61. The van der Waals surface area contributed by atoms with Crippen molar-refractivity contribution in [2.75, 3.05) is 11.9 Å². The van der Waals surface area contributed by atoms with Gasteiger partial charge in [0.15, 0.2) is 12.4 Å². The zero-order chi connectivity index (χ0) is 17.2. The summed E-state index contributed by atoms with van der Waals surface area (Å²) < 4.78 is 10.6. The SMILES string of the molecule is CC/C=C/C(=O)OCC(=O)Nc1ccccc1Oc1ccccc1. The summed E-state index contributed by atoms with van der Waals surface area (Å²) in [5.41, 5.74) is 0.506. The van der Waals surface area contributed by atoms with Gasteiger partial charge in [-0.2, -0.15) is 0 Å². The van der Waals surface area contributed by atoms with E-state index in [1.807, 2.05) is 43.3 Å². The van der Waals surface area contributed by atoms with Gasteiger partial charge < -0.3 is 14.8 Å². The van der Waals surface area contributed by atoms with Crippen molar-refractivity contribution in [1.82, 2.24) is 0 Å². The highest BCUT2D eigenvalue weighted by molar-refractivity contribution is 5.95. The highest BCUT2D eigenvalue weighted by Crippen LogP contribution is 2.28. The summed E-state index contributed by atoms with van der Waals surface area (Å²) in [5.74, 6) is 0.197. The first kappa shape index (κ1) is 17.3. The van der Waals surface area contributed by atoms with Gasteiger partial charge in [-0.3, -0.25) is 4.79 Å². The maximum Gasteiger partial charge on any atom is 0.330 e. The second-order valence-corrected chi connectivity index (χ2v) is 4.88. The van der Waals surface area contributed by atoms with Crippen LogP contribution in [0, 0.1) is 0 Å². The minimum absolute atomic E-state index is 0.355. The van der Waals surface area contributed by atoms with Crippen LogP contribution >= 0.6 is 0 Å². The van der Waals surface area contributed by atoms with Crippen LogP contribution in [0.2, 0.25) is 0 Å². The molecule has 2 aromatic carbocycles. The number of para-hydroxylation sites is 3. The zero-order valence-corrected chi connectivity index (χ0v) is 13.4. The Kier molecular flexibility index (Phi) is 6.58. The standard InChI is InChI=1S/C19H19NO4/c1-2-3-13-19(22)23-14-18(21)20-16-11-7-8-12-17(16)24-15-9-5-4-6-10-15/h3-13H,2,14H2,1H3,(H,20,21)/b13-3+. The number of rotatable bonds is 7. The fourth-order valence-electron chi connectivity index (χ4n) is 1.86. The Bertz CT molecular complexity index is 710. The van der Waals surface area contributed by atoms with E-state index in [4.69, 9.17) is 9.47 Å². The van der Waals surface area contributed by atoms with Crippen molar-refractivity contribution < 1.29 is 19.1 Å². The predicted molar refractivity (Wildman–Crippen MR) is 92.0 cm³/mol. The first-order valence-corrected chi connectivity index (χ1v) is 7.64. The van der Waals surface area contributed by atoms with Gasteiger partial charge in [-0.15, -0.1) is 0 Å². The van der Waals surface area contributed by atoms with Crippen LogP contribution in [0.5, 0.6) is 11.5 Å². The minimum Gasteiger partial charge on any atom is -0.455 e. The van der Waals surface area contributed by atoms with Crippen LogP contribution in [0.25, 0.3) is 0 Å². The smallest absolute Gasteiger partial charge is 0.330 e. The summed E-state index contributed by atoms with van der Waals surface area (Å²) in [5, 5.41) is 2.68. The topological polar surface area (TPSA) is 64.6 Å². The van der Waals surface area contributed by atoms with Crippen LogP contribution in [-0.2, 0) is 14.3 Å². The predicted octanol–water partition coefficient (Wildman–Crippen LogP) is 3.93. The molecule has 0 atom stereocenters. The van der Waals surface area contributed by atoms with Crippen LogP contribution in [0.1, 0.15) is 13.3 Å². The van der Waals surface area contributed by atoms with Gasteiger partial charge in [-0.1, -0.05) is 43.3 Å². The van der Waals surface area contributed by atoms with Crippen LogP contribution in [0.3, 0.4) is 0 Å². The quantitative estimate of drug-likeness (QED) is 0.619. The van der Waals surface area contributed by atoms with E-state index in [2.05, 4.69) is 5.32 Å². The minimum atomic E-state index is -0.541. The fourth-order valence-corrected chi connectivity index (χ4v) is 1.86. The summed E-state index contributed by atoms with van der Waals surface area (Å²) in [6, 6.07) is 16.3. The van der Waals surface area contributed by atoms with Gasteiger partial charge >= 0.3 is 5.97 Å². The van der Waals surface area contributed by atoms with Gasteiger partial charge in [0.2, 0.25) is 0 Å². The molecule has 0 unspecified atom stereocenters. The molecule has 0 aliphatic carbocycles. The lowest BCUT2D eigenvalue weighted by Gasteiger charge is -2.12. The number of carbonyl (C=O) groups is 2. The average molecular weight is 325 g/mol. The number of carbonyl (C=O) groups excluding carboxylic acids is 2. The van der Waals surface area contributed by atoms with E-state index in [1.165, 1.54) is 6.08 Å². The van der Waals surface area contributed by atoms with Crippen molar-refractivity contribution in [2.24, 2.45) is 0 Å². The molecule has 0 fully saturated rings. The van der Waals surface area contributed by atoms with E-state index >= 15 is 0 Å². The number of ether oxygens (including phenoxy) is 2. The molecule has 0 aromatic heterocycles. The Balaban J connectivity index is 1.96. The van der Waals surface area contributed by atoms with Crippen molar-refractivity contribution in [3.05, 3.63) is 66.7 Å². The van der Waals surface area contributed by atoms with E-state index in [0.29, 0.717) is 17.2 Å². The van der Waals surface area contributed by atoms with Gasteiger partial charge in [0, 0.05) is 6.08 Å². The molecule has 2 aromatic rings. The Morgan fingerprint density at radius 2 is 1.75 bits per heavy atom. The molecule has 5 nitrogen and oxygen atoms in total. The van der Waals surface area contributed by atoms with Gasteiger partial charge in [0.1, 0.15) is 5.75 Å². The fraction of sp³-hybridized carbons (Fsp3) is 0.158. The number of anilines is 1. The summed E-state index contributed by atoms with van der Waals surface area (Å²) >= 11 is 0. The molecule has 0 saturated heterocycles. The Morgan fingerprint density at radius 3 is 2.50 bits per heavy atom. The molecule has 1 N–H and O–H groups in total. The number of allylic oxidation sites excluding steroid dienone is 1. The van der Waals surface area contributed by atoms with Gasteiger partial charge in [0.05, 0.1) is 5.69 Å². The monoisotopic (exact) mass is 325 g/mol. The van der Waals surface area contributed by atoms with Crippen LogP contribution in [-0.4, -0.2) is 18.5 Å². The van der Waals surface area contributed by atoms with Gasteiger partial charge in [-0.25, -0.2) is 4.79 Å². The van der Waals surface area contributed by atoms with Gasteiger partial charge in [-0.05, 0) is 30.7 Å². The summed E-state index contributed by atoms with van der Waals surface area (Å²) in [4.78, 5) is 23.3. The molecule has 0 spiro atoms. The van der Waals surface area contributed by atoms with Crippen molar-refractivity contribution in [2.45, 2.75) is 13.3 Å². The van der Waals surface area contributed by atoms with E-state index in [9.17, 15) is 9.59 Å². The lowest BCUT2D eigenvalue weighted by Crippen LogP contribution is -2.20. The molecule has 0 saturated carbocycles. The number of hydrogen-bond donors (Lipinski definition) is 1. The summed E-state index contributed by atoms with van der Waals surface area (Å²) in [6.07, 6.45) is 3.70. The molecular formula is C19H19NO4. The highest BCUT2D eigenvalue weighted by atomic mass is 16.5. The Labute approximate surface area is 140 Å². The third-order valence-corrected chi connectivity index (χ3v) is 2.97. The normalized spacial score (nSPS) is 10.4. The molecule has 2 rings (SSSR count). The summed E-state index contributed by atoms with van der Waals surface area (Å²) in [6.45, 7) is 1.55. The molecule has 0 aliphatic rings. The van der Waals surface area contributed by atoms with Crippen LogP contribution in [0.15, 0.2) is 66.7 Å². The van der Waals surface area contributed by atoms with Gasteiger partial charge in [0.25, 0.3) is 5.91 Å². The number of benzene rings is 2.